The predicted molar refractivity (Wildman–Crippen MR) is 66.3 cm³/mol. The number of hydrogen-bond acceptors (Lipinski definition) is 2. The quantitative estimate of drug-likeness (QED) is 0.774. The molecule has 0 fully saturated rings. The Morgan fingerprint density at radius 1 is 1.44 bits per heavy atom. The van der Waals surface area contributed by atoms with Gasteiger partial charge >= 0.3 is 0 Å². The maximum atomic E-state index is 13.5. The molecule has 4 heteroatoms. The lowest BCUT2D eigenvalue weighted by Crippen LogP contribution is -2.23. The molecule has 0 saturated carbocycles. The second kappa shape index (κ2) is 6.84. The van der Waals surface area contributed by atoms with Gasteiger partial charge in [-0.1, -0.05) is 17.7 Å². The normalized spacial score (nSPS) is 11.1. The fourth-order valence-electron chi connectivity index (χ4n) is 1.56. The molecule has 0 aliphatic heterocycles. The van der Waals surface area contributed by atoms with Crippen molar-refractivity contribution in [1.82, 2.24) is 10.2 Å². The van der Waals surface area contributed by atoms with Gasteiger partial charge in [-0.05, 0) is 45.7 Å². The van der Waals surface area contributed by atoms with Crippen molar-refractivity contribution in [2.45, 2.75) is 13.0 Å². The van der Waals surface area contributed by atoms with E-state index in [0.29, 0.717) is 17.1 Å². The van der Waals surface area contributed by atoms with Gasteiger partial charge in [-0.25, -0.2) is 4.39 Å². The molecule has 1 N–H and O–H groups in total. The van der Waals surface area contributed by atoms with Crippen LogP contribution in [-0.4, -0.2) is 32.1 Å². The summed E-state index contributed by atoms with van der Waals surface area (Å²) >= 11 is 5.96. The Morgan fingerprint density at radius 2 is 2.19 bits per heavy atom. The lowest BCUT2D eigenvalue weighted by atomic mass is 10.2. The minimum atomic E-state index is -0.229. The predicted octanol–water partition coefficient (Wildman–Crippen LogP) is 2.52. The van der Waals surface area contributed by atoms with E-state index in [2.05, 4.69) is 10.2 Å². The molecule has 90 valence electrons. The Labute approximate surface area is 101 Å². The van der Waals surface area contributed by atoms with Crippen LogP contribution in [0.5, 0.6) is 0 Å². The fourth-order valence-corrected chi connectivity index (χ4v) is 1.78. The third-order valence-corrected chi connectivity index (χ3v) is 2.81. The Hall–Kier alpha value is -0.640. The number of benzene rings is 1. The monoisotopic (exact) mass is 244 g/mol. The summed E-state index contributed by atoms with van der Waals surface area (Å²) in [5.41, 5.74) is 0.580. The third-order valence-electron chi connectivity index (χ3n) is 2.46. The highest BCUT2D eigenvalue weighted by Gasteiger charge is 2.09. The Bertz CT molecular complexity index is 311. The van der Waals surface area contributed by atoms with E-state index in [1.165, 1.54) is 6.07 Å². The molecule has 1 aromatic rings. The average Bonchev–Trinajstić information content (AvgIpc) is 2.24. The van der Waals surface area contributed by atoms with E-state index >= 15 is 0 Å². The van der Waals surface area contributed by atoms with E-state index < -0.39 is 0 Å². The molecular weight excluding hydrogens is 227 g/mol. The number of nitrogens with one attached hydrogen (secondary N) is 1. The summed E-state index contributed by atoms with van der Waals surface area (Å²) in [6.45, 7) is 2.44. The number of hydrogen-bond donors (Lipinski definition) is 1. The summed E-state index contributed by atoms with van der Waals surface area (Å²) in [5, 5.41) is 3.58. The standard InChI is InChI=1S/C12H18ClFN2/c1-15-7-4-8-16(2)9-10-11(13)5-3-6-12(10)14/h3,5-6,15H,4,7-9H2,1-2H3. The van der Waals surface area contributed by atoms with Gasteiger partial charge in [0.25, 0.3) is 0 Å². The molecule has 1 rings (SSSR count). The van der Waals surface area contributed by atoms with Gasteiger partial charge in [-0.3, -0.25) is 0 Å². The molecular formula is C12H18ClFN2. The van der Waals surface area contributed by atoms with Crippen LogP contribution in [0.1, 0.15) is 12.0 Å². The zero-order chi connectivity index (χ0) is 12.0. The third kappa shape index (κ3) is 4.08. The van der Waals surface area contributed by atoms with Crippen LogP contribution >= 0.6 is 11.6 Å². The van der Waals surface area contributed by atoms with E-state index in [1.807, 2.05) is 14.1 Å². The molecule has 0 spiro atoms. The fraction of sp³-hybridized carbons (Fsp3) is 0.500. The molecule has 1 aromatic carbocycles. The van der Waals surface area contributed by atoms with Crippen LogP contribution in [0.3, 0.4) is 0 Å². The summed E-state index contributed by atoms with van der Waals surface area (Å²) in [6, 6.07) is 4.80. The van der Waals surface area contributed by atoms with Crippen molar-refractivity contribution in [3.63, 3.8) is 0 Å². The van der Waals surface area contributed by atoms with Crippen LogP contribution in [0, 0.1) is 5.82 Å². The highest BCUT2D eigenvalue weighted by Crippen LogP contribution is 2.20. The summed E-state index contributed by atoms with van der Waals surface area (Å²) in [4.78, 5) is 2.07. The Kier molecular flexibility index (Phi) is 5.74. The van der Waals surface area contributed by atoms with Crippen LogP contribution in [0.2, 0.25) is 5.02 Å². The Balaban J connectivity index is 2.52. The molecule has 0 heterocycles. The van der Waals surface area contributed by atoms with Crippen molar-refractivity contribution < 1.29 is 4.39 Å². The summed E-state index contributed by atoms with van der Waals surface area (Å²) in [6.07, 6.45) is 1.04. The molecule has 0 saturated heterocycles. The van der Waals surface area contributed by atoms with Crippen molar-refractivity contribution in [2.24, 2.45) is 0 Å². The molecule has 0 aliphatic rings. The lowest BCUT2D eigenvalue weighted by Gasteiger charge is -2.17. The summed E-state index contributed by atoms with van der Waals surface area (Å²) in [5.74, 6) is -0.229. The molecule has 0 unspecified atom stereocenters. The number of halogens is 2. The van der Waals surface area contributed by atoms with E-state index in [9.17, 15) is 4.39 Å². The second-order valence-electron chi connectivity index (χ2n) is 3.90. The zero-order valence-electron chi connectivity index (χ0n) is 9.76. The van der Waals surface area contributed by atoms with Crippen LogP contribution in [0.15, 0.2) is 18.2 Å². The number of nitrogens with zero attached hydrogens (tertiary/aromatic N) is 1. The van der Waals surface area contributed by atoms with Crippen LogP contribution < -0.4 is 5.32 Å². The van der Waals surface area contributed by atoms with Crippen LogP contribution in [0.4, 0.5) is 4.39 Å². The van der Waals surface area contributed by atoms with E-state index in [-0.39, 0.29) is 5.82 Å². The van der Waals surface area contributed by atoms with Gasteiger partial charge in [0.2, 0.25) is 0 Å². The highest BCUT2D eigenvalue weighted by atomic mass is 35.5. The van der Waals surface area contributed by atoms with Crippen LogP contribution in [-0.2, 0) is 6.54 Å². The molecule has 0 amide bonds. The van der Waals surface area contributed by atoms with Crippen molar-refractivity contribution in [3.8, 4) is 0 Å². The highest BCUT2D eigenvalue weighted by molar-refractivity contribution is 6.31. The summed E-state index contributed by atoms with van der Waals surface area (Å²) < 4.78 is 13.5. The topological polar surface area (TPSA) is 15.3 Å². The van der Waals surface area contributed by atoms with Crippen molar-refractivity contribution in [1.29, 1.82) is 0 Å². The first kappa shape index (κ1) is 13.4. The molecule has 0 radical (unpaired) electrons. The van der Waals surface area contributed by atoms with E-state index in [1.54, 1.807) is 12.1 Å². The van der Waals surface area contributed by atoms with Crippen molar-refractivity contribution in [2.75, 3.05) is 27.2 Å². The molecule has 0 aromatic heterocycles. The molecule has 0 bridgehead atoms. The van der Waals surface area contributed by atoms with Gasteiger partial charge in [0.05, 0.1) is 0 Å². The lowest BCUT2D eigenvalue weighted by molar-refractivity contribution is 0.316. The van der Waals surface area contributed by atoms with Gasteiger partial charge in [0.15, 0.2) is 0 Å². The molecule has 16 heavy (non-hydrogen) atoms. The van der Waals surface area contributed by atoms with Gasteiger partial charge in [-0.2, -0.15) is 0 Å². The SMILES string of the molecule is CNCCCN(C)Cc1c(F)cccc1Cl. The zero-order valence-corrected chi connectivity index (χ0v) is 10.5. The van der Waals surface area contributed by atoms with E-state index in [4.69, 9.17) is 11.6 Å². The minimum Gasteiger partial charge on any atom is -0.320 e. The molecule has 0 aliphatic carbocycles. The average molecular weight is 245 g/mol. The smallest absolute Gasteiger partial charge is 0.129 e. The first-order valence-corrected chi connectivity index (χ1v) is 5.79. The van der Waals surface area contributed by atoms with Crippen molar-refractivity contribution >= 4 is 11.6 Å². The van der Waals surface area contributed by atoms with Gasteiger partial charge in [0, 0.05) is 17.1 Å². The van der Waals surface area contributed by atoms with Gasteiger partial charge in [0.1, 0.15) is 5.82 Å². The van der Waals surface area contributed by atoms with E-state index in [0.717, 1.165) is 19.5 Å². The minimum absolute atomic E-state index is 0.229. The maximum absolute atomic E-state index is 13.5. The van der Waals surface area contributed by atoms with Crippen molar-refractivity contribution in [3.05, 3.63) is 34.6 Å². The van der Waals surface area contributed by atoms with Gasteiger partial charge < -0.3 is 10.2 Å². The van der Waals surface area contributed by atoms with Gasteiger partial charge in [-0.15, -0.1) is 0 Å². The molecule has 0 atom stereocenters. The second-order valence-corrected chi connectivity index (χ2v) is 4.30. The first-order valence-electron chi connectivity index (χ1n) is 5.41. The summed E-state index contributed by atoms with van der Waals surface area (Å²) in [7, 11) is 3.90. The Morgan fingerprint density at radius 3 is 2.81 bits per heavy atom. The largest absolute Gasteiger partial charge is 0.320 e. The van der Waals surface area contributed by atoms with Crippen LogP contribution in [0.25, 0.3) is 0 Å². The number of rotatable bonds is 6. The molecule has 2 nitrogen and oxygen atoms in total. The first-order chi connectivity index (χ1) is 7.65. The maximum Gasteiger partial charge on any atom is 0.129 e.